The molecule has 13 heteroatoms. The molecule has 0 fully saturated rings. The quantitative estimate of drug-likeness (QED) is 0.111. The Labute approximate surface area is 441 Å². The van der Waals surface area contributed by atoms with Gasteiger partial charge in [-0.05, 0) is 98.0 Å². The van der Waals surface area contributed by atoms with Crippen LogP contribution in [0.5, 0.6) is 11.5 Å². The van der Waals surface area contributed by atoms with Gasteiger partial charge in [-0.25, -0.2) is 4.79 Å². The van der Waals surface area contributed by atoms with Crippen LogP contribution in [-0.2, 0) is 36.0 Å². The van der Waals surface area contributed by atoms with Gasteiger partial charge in [0, 0.05) is 5.56 Å². The van der Waals surface area contributed by atoms with Gasteiger partial charge in [0.25, 0.3) is 0 Å². The summed E-state index contributed by atoms with van der Waals surface area (Å²) in [5.74, 6) is -0.754. The molecule has 8 rings (SSSR count). The lowest BCUT2D eigenvalue weighted by Crippen LogP contribution is -2.20. The van der Waals surface area contributed by atoms with Crippen LogP contribution in [0.3, 0.4) is 0 Å². The largest absolute Gasteiger partial charge is 0.506 e. The van der Waals surface area contributed by atoms with E-state index in [-0.39, 0.29) is 60.5 Å². The van der Waals surface area contributed by atoms with Crippen molar-refractivity contribution < 1.29 is 29.3 Å². The molecule has 8 aromatic rings. The first-order valence-electron chi connectivity index (χ1n) is 23.2. The second-order valence-electron chi connectivity index (χ2n) is 21.3. The van der Waals surface area contributed by atoms with E-state index in [2.05, 4.69) is 124 Å². The molecule has 0 spiro atoms. The van der Waals surface area contributed by atoms with Crippen molar-refractivity contribution >= 4 is 49.9 Å². The number of esters is 1. The molecule has 0 aliphatic rings. The highest BCUT2D eigenvalue weighted by Gasteiger charge is 2.27. The summed E-state index contributed by atoms with van der Waals surface area (Å²) < 4.78 is 10.8. The number of aromatic hydroxyl groups is 1. The molecule has 2 heterocycles. The molecule has 2 aromatic heterocycles. The number of ether oxygens (including phenoxy) is 2. The molecular formula is C60H77BrN6O6. The van der Waals surface area contributed by atoms with Crippen LogP contribution in [0.2, 0.25) is 0 Å². The number of methoxy groups -OCH3 is 1. The number of hydrogen-bond donors (Lipinski definition) is 2. The van der Waals surface area contributed by atoms with Crippen LogP contribution in [0, 0.1) is 0 Å². The van der Waals surface area contributed by atoms with Gasteiger partial charge in [0.05, 0.1) is 7.11 Å². The summed E-state index contributed by atoms with van der Waals surface area (Å²) in [6.45, 7) is 25.6. The summed E-state index contributed by atoms with van der Waals surface area (Å²) in [7, 11) is 1.39. The van der Waals surface area contributed by atoms with Gasteiger partial charge in [0.15, 0.2) is 0 Å². The van der Waals surface area contributed by atoms with Crippen LogP contribution < -0.4 is 4.74 Å². The number of aliphatic carboxylic acids is 1. The van der Waals surface area contributed by atoms with Gasteiger partial charge in [0.2, 0.25) is 6.10 Å². The van der Waals surface area contributed by atoms with Crippen molar-refractivity contribution in [2.45, 2.75) is 138 Å². The standard InChI is InChI=1S/C28H31N3O3.C16H17N3O.C13H17BrO2.3CH4/c1-27(2,3)19-13-11-18(12-14-19)25(26(32)33)34-24-16-15-20(28(4,5)6)17-23(24)31-29-21-9-7-8-10-22(21)30-31;1-16(2,3)11-8-9-15(20)14(10-11)19-17-12-6-4-5-7-13(12)18-19;1-13(2,3)10-7-5-9(6-8-10)11(14)12(15)16-4;;;/h7-17,25H,1-6H3,(H,32,33);4-10,20H,1-3H3;5-8,11H,1-4H3;3*1H4. The molecule has 0 saturated heterocycles. The van der Waals surface area contributed by atoms with Crippen molar-refractivity contribution in [1.82, 2.24) is 30.0 Å². The zero-order valence-electron chi connectivity index (χ0n) is 42.4. The number of benzene rings is 6. The molecule has 390 valence electrons. The molecule has 0 radical (unpaired) electrons. The van der Waals surface area contributed by atoms with E-state index in [9.17, 15) is 19.8 Å². The molecule has 2 unspecified atom stereocenters. The van der Waals surface area contributed by atoms with Gasteiger partial charge in [-0.1, -0.05) is 206 Å². The van der Waals surface area contributed by atoms with E-state index in [1.54, 1.807) is 6.07 Å². The smallest absolute Gasteiger partial charge is 0.349 e. The Morgan fingerprint density at radius 3 is 1.22 bits per heavy atom. The number of carboxylic acid groups (broad SMARTS) is 1. The Morgan fingerprint density at radius 1 is 0.507 bits per heavy atom. The normalized spacial score (nSPS) is 12.3. The summed E-state index contributed by atoms with van der Waals surface area (Å²) >= 11 is 3.31. The first kappa shape index (κ1) is 60.4. The van der Waals surface area contributed by atoms with Crippen molar-refractivity contribution in [2.24, 2.45) is 0 Å². The van der Waals surface area contributed by atoms with Crippen LogP contribution in [0.25, 0.3) is 33.4 Å². The van der Waals surface area contributed by atoms with Crippen LogP contribution in [-0.4, -0.2) is 59.2 Å². The molecule has 6 aromatic carbocycles. The summed E-state index contributed by atoms with van der Waals surface area (Å²) in [5, 5.41) is 38.1. The number of halogens is 1. The second kappa shape index (κ2) is 24.2. The first-order valence-corrected chi connectivity index (χ1v) is 24.1. The monoisotopic (exact) mass is 1060 g/mol. The SMILES string of the molecule is C.C.C.CC(C)(C)c1ccc(C(Oc2ccc(C(C)(C)C)cc2-n2nc3ccccc3n2)C(=O)O)cc1.CC(C)(C)c1ccc(O)c(-n2nc3ccccc3n2)c1.COC(=O)C(Br)c1ccc(C(C)(C)C)cc1. The fourth-order valence-electron chi connectivity index (χ4n) is 7.26. The lowest BCUT2D eigenvalue weighted by molar-refractivity contribution is -0.145. The summed E-state index contributed by atoms with van der Waals surface area (Å²) in [5.41, 5.74) is 10.4. The Balaban J connectivity index is 0.000000308. The maximum absolute atomic E-state index is 12.2. The molecule has 0 saturated carbocycles. The van der Waals surface area contributed by atoms with Gasteiger partial charge >= 0.3 is 11.9 Å². The van der Waals surface area contributed by atoms with Gasteiger partial charge in [-0.2, -0.15) is 0 Å². The average molecular weight is 1060 g/mol. The maximum atomic E-state index is 12.2. The van der Waals surface area contributed by atoms with Crippen LogP contribution in [0.4, 0.5) is 0 Å². The minimum Gasteiger partial charge on any atom is -0.506 e. The van der Waals surface area contributed by atoms with Crippen molar-refractivity contribution in [1.29, 1.82) is 0 Å². The minimum absolute atomic E-state index is 0. The van der Waals surface area contributed by atoms with Crippen molar-refractivity contribution in [3.63, 3.8) is 0 Å². The molecule has 0 aliphatic heterocycles. The predicted molar refractivity (Wildman–Crippen MR) is 302 cm³/mol. The van der Waals surface area contributed by atoms with Crippen LogP contribution >= 0.6 is 15.9 Å². The van der Waals surface area contributed by atoms with E-state index in [4.69, 9.17) is 4.74 Å². The molecule has 0 aliphatic carbocycles. The number of nitrogens with zero attached hydrogens (tertiary/aromatic N) is 6. The molecule has 2 atom stereocenters. The van der Waals surface area contributed by atoms with E-state index in [1.807, 2.05) is 127 Å². The number of alkyl halides is 1. The number of fused-ring (bicyclic) bond motifs is 2. The third-order valence-electron chi connectivity index (χ3n) is 11.7. The fraction of sp³-hybridized carbons (Fsp3) is 0.367. The highest BCUT2D eigenvalue weighted by atomic mass is 79.9. The highest BCUT2D eigenvalue weighted by molar-refractivity contribution is 9.09. The van der Waals surface area contributed by atoms with Crippen LogP contribution in [0.15, 0.2) is 133 Å². The number of carbonyl (C=O) groups excluding carboxylic acids is 1. The molecule has 2 N–H and O–H groups in total. The van der Waals surface area contributed by atoms with Crippen LogP contribution in [0.1, 0.15) is 150 Å². The molecule has 0 amide bonds. The third kappa shape index (κ3) is 15.1. The lowest BCUT2D eigenvalue weighted by atomic mass is 9.86. The van der Waals surface area contributed by atoms with Gasteiger partial charge in [-0.3, -0.25) is 4.79 Å². The summed E-state index contributed by atoms with van der Waals surface area (Å²) in [4.78, 5) is 26.2. The van der Waals surface area contributed by atoms with Gasteiger partial charge < -0.3 is 19.7 Å². The Hall–Kier alpha value is -6.86. The van der Waals surface area contributed by atoms with E-state index in [0.717, 1.165) is 44.3 Å². The van der Waals surface area contributed by atoms with Crippen molar-refractivity contribution in [3.8, 4) is 22.9 Å². The fourth-order valence-corrected chi connectivity index (χ4v) is 7.75. The van der Waals surface area contributed by atoms with E-state index in [1.165, 1.54) is 22.3 Å². The molecular weight excluding hydrogens is 981 g/mol. The van der Waals surface area contributed by atoms with Gasteiger partial charge in [-0.15, -0.1) is 30.0 Å². The minimum atomic E-state index is -1.17. The number of carboxylic acids is 1. The first-order chi connectivity index (χ1) is 32.7. The number of aromatic nitrogens is 6. The van der Waals surface area contributed by atoms with Gasteiger partial charge in [0.1, 0.15) is 49.8 Å². The van der Waals surface area contributed by atoms with E-state index < -0.39 is 12.1 Å². The number of hydrogen-bond acceptors (Lipinski definition) is 9. The Kier molecular flexibility index (Phi) is 20.1. The van der Waals surface area contributed by atoms with Crippen molar-refractivity contribution in [3.05, 3.63) is 167 Å². The summed E-state index contributed by atoms with van der Waals surface area (Å²) in [6.07, 6.45) is -1.17. The predicted octanol–water partition coefficient (Wildman–Crippen LogP) is 15.1. The number of rotatable bonds is 8. The average Bonchev–Trinajstić information content (AvgIpc) is 3.95. The topological polar surface area (TPSA) is 154 Å². The highest BCUT2D eigenvalue weighted by Crippen LogP contribution is 2.35. The number of carbonyl (C=O) groups is 2. The zero-order chi connectivity index (χ0) is 51.3. The lowest BCUT2D eigenvalue weighted by Gasteiger charge is -2.23. The maximum Gasteiger partial charge on any atom is 0.349 e. The van der Waals surface area contributed by atoms with Crippen molar-refractivity contribution in [2.75, 3.05) is 7.11 Å². The Morgan fingerprint density at radius 2 is 0.849 bits per heavy atom. The second-order valence-corrected chi connectivity index (χ2v) is 22.2. The third-order valence-corrected chi connectivity index (χ3v) is 12.6. The molecule has 12 nitrogen and oxygen atoms in total. The Bertz CT molecular complexity index is 3010. The summed E-state index contributed by atoms with van der Waals surface area (Å²) in [6, 6.07) is 42.1. The number of phenolic OH excluding ortho intramolecular Hbond substituents is 1. The van der Waals surface area contributed by atoms with E-state index in [0.29, 0.717) is 22.7 Å². The zero-order valence-corrected chi connectivity index (χ0v) is 44.0. The molecule has 0 bridgehead atoms. The molecule has 73 heavy (non-hydrogen) atoms. The van der Waals surface area contributed by atoms with E-state index >= 15 is 0 Å². The number of phenols is 1.